The molecular formula is C21H28N4O4S. The summed E-state index contributed by atoms with van der Waals surface area (Å²) in [5, 5.41) is 0. The summed E-state index contributed by atoms with van der Waals surface area (Å²) >= 11 is 0. The summed E-state index contributed by atoms with van der Waals surface area (Å²) in [6.07, 6.45) is 0. The predicted octanol–water partition coefficient (Wildman–Crippen LogP) is 1.85. The van der Waals surface area contributed by atoms with Crippen LogP contribution in [0.25, 0.3) is 0 Å². The maximum atomic E-state index is 12.3. The molecule has 2 aromatic rings. The highest BCUT2D eigenvalue weighted by Gasteiger charge is 2.19. The summed E-state index contributed by atoms with van der Waals surface area (Å²) in [4.78, 5) is 26.9. The summed E-state index contributed by atoms with van der Waals surface area (Å²) in [5.74, 6) is -1.08. The van der Waals surface area contributed by atoms with Gasteiger partial charge in [-0.25, -0.2) is 12.7 Å². The zero-order chi connectivity index (χ0) is 22.3. The Morgan fingerprint density at radius 1 is 0.867 bits per heavy atom. The average Bonchev–Trinajstić information content (AvgIpc) is 2.75. The molecule has 0 saturated heterocycles. The second-order valence-electron chi connectivity index (χ2n) is 6.88. The van der Waals surface area contributed by atoms with Crippen LogP contribution in [-0.2, 0) is 16.6 Å². The molecule has 162 valence electrons. The first kappa shape index (κ1) is 23.5. The number of hydrogen-bond acceptors (Lipinski definition) is 5. The molecule has 0 unspecified atom stereocenters. The minimum absolute atomic E-state index is 0.00438. The number of hydrazine groups is 1. The quantitative estimate of drug-likeness (QED) is 0.621. The van der Waals surface area contributed by atoms with Crippen molar-refractivity contribution in [3.8, 4) is 0 Å². The van der Waals surface area contributed by atoms with E-state index in [0.29, 0.717) is 5.56 Å². The van der Waals surface area contributed by atoms with Gasteiger partial charge in [-0.3, -0.25) is 25.3 Å². The molecule has 0 aliphatic heterocycles. The third kappa shape index (κ3) is 5.88. The first-order valence-corrected chi connectivity index (χ1v) is 11.1. The van der Waals surface area contributed by atoms with Crippen LogP contribution in [0.4, 0.5) is 0 Å². The van der Waals surface area contributed by atoms with Crippen LogP contribution in [0.3, 0.4) is 0 Å². The molecule has 2 rings (SSSR count). The summed E-state index contributed by atoms with van der Waals surface area (Å²) in [7, 11) is -0.837. The van der Waals surface area contributed by atoms with E-state index in [4.69, 9.17) is 0 Å². The Morgan fingerprint density at radius 2 is 1.43 bits per heavy atom. The molecule has 0 aliphatic rings. The summed E-state index contributed by atoms with van der Waals surface area (Å²) < 4.78 is 25.5. The van der Waals surface area contributed by atoms with Gasteiger partial charge in [0.05, 0.1) is 4.90 Å². The molecule has 0 aliphatic carbocycles. The maximum Gasteiger partial charge on any atom is 0.269 e. The average molecular weight is 433 g/mol. The fraction of sp³-hybridized carbons (Fsp3) is 0.333. The van der Waals surface area contributed by atoms with Crippen LogP contribution in [0.1, 0.15) is 40.1 Å². The predicted molar refractivity (Wildman–Crippen MR) is 115 cm³/mol. The Bertz CT molecular complexity index is 984. The smallest absolute Gasteiger partial charge is 0.269 e. The number of carbonyl (C=O) groups excluding carboxylic acids is 2. The van der Waals surface area contributed by atoms with E-state index in [9.17, 15) is 18.0 Å². The topological polar surface area (TPSA) is 98.8 Å². The molecule has 9 heteroatoms. The molecular weight excluding hydrogens is 404 g/mol. The van der Waals surface area contributed by atoms with Crippen molar-refractivity contribution in [3.63, 3.8) is 0 Å². The van der Waals surface area contributed by atoms with E-state index in [0.717, 1.165) is 29.5 Å². The number of sulfonamides is 1. The number of nitrogens with one attached hydrogen (secondary N) is 2. The molecule has 0 bridgehead atoms. The molecule has 0 fully saturated rings. The van der Waals surface area contributed by atoms with Crippen LogP contribution in [0.2, 0.25) is 0 Å². The summed E-state index contributed by atoms with van der Waals surface area (Å²) in [6.45, 7) is 6.89. The molecule has 0 saturated carbocycles. The van der Waals surface area contributed by atoms with Gasteiger partial charge >= 0.3 is 0 Å². The number of hydrogen-bond donors (Lipinski definition) is 2. The number of nitrogens with zero attached hydrogens (tertiary/aromatic N) is 2. The minimum Gasteiger partial charge on any atom is -0.300 e. The second-order valence-corrected chi connectivity index (χ2v) is 9.03. The zero-order valence-electron chi connectivity index (χ0n) is 17.7. The van der Waals surface area contributed by atoms with Crippen LogP contribution in [0.5, 0.6) is 0 Å². The van der Waals surface area contributed by atoms with Gasteiger partial charge in [0.25, 0.3) is 11.8 Å². The molecule has 0 radical (unpaired) electrons. The lowest BCUT2D eigenvalue weighted by Crippen LogP contribution is -2.41. The van der Waals surface area contributed by atoms with Gasteiger partial charge in [0, 0.05) is 31.8 Å². The Balaban J connectivity index is 2.00. The lowest BCUT2D eigenvalue weighted by molar-refractivity contribution is 0.0846. The number of benzene rings is 2. The fourth-order valence-electron chi connectivity index (χ4n) is 2.73. The van der Waals surface area contributed by atoms with E-state index in [1.165, 1.54) is 38.4 Å². The number of amides is 2. The standard InChI is InChI=1S/C21H28N4O4S/c1-5-25(6-2)15-16-10-12-17(13-11-16)20(26)22-23-21(27)18-8-7-9-19(14-18)30(28,29)24(3)4/h7-14H,5-6,15H2,1-4H3,(H,22,26)(H,23,27). The lowest BCUT2D eigenvalue weighted by atomic mass is 10.1. The summed E-state index contributed by atoms with van der Waals surface area (Å²) in [6, 6.07) is 12.8. The molecule has 0 heterocycles. The molecule has 30 heavy (non-hydrogen) atoms. The Labute approximate surface area is 177 Å². The van der Waals surface area contributed by atoms with Gasteiger partial charge in [0.1, 0.15) is 0 Å². The van der Waals surface area contributed by atoms with Crippen LogP contribution < -0.4 is 10.9 Å². The number of carbonyl (C=O) groups is 2. The van der Waals surface area contributed by atoms with Crippen LogP contribution in [-0.4, -0.2) is 56.6 Å². The van der Waals surface area contributed by atoms with Crippen molar-refractivity contribution in [2.24, 2.45) is 0 Å². The van der Waals surface area contributed by atoms with E-state index >= 15 is 0 Å². The first-order chi connectivity index (χ1) is 14.2. The minimum atomic E-state index is -3.66. The molecule has 2 N–H and O–H groups in total. The molecule has 2 aromatic carbocycles. The SMILES string of the molecule is CCN(CC)Cc1ccc(C(=O)NNC(=O)c2cccc(S(=O)(=O)N(C)C)c2)cc1. The molecule has 2 amide bonds. The zero-order valence-corrected chi connectivity index (χ0v) is 18.5. The maximum absolute atomic E-state index is 12.3. The van der Waals surface area contributed by atoms with Gasteiger partial charge < -0.3 is 0 Å². The van der Waals surface area contributed by atoms with Crippen molar-refractivity contribution in [2.75, 3.05) is 27.2 Å². The van der Waals surface area contributed by atoms with Crippen LogP contribution >= 0.6 is 0 Å². The third-order valence-corrected chi connectivity index (χ3v) is 6.49. The van der Waals surface area contributed by atoms with Gasteiger partial charge in [-0.2, -0.15) is 0 Å². The Hall–Kier alpha value is -2.75. The fourth-order valence-corrected chi connectivity index (χ4v) is 3.68. The van der Waals surface area contributed by atoms with Crippen molar-refractivity contribution >= 4 is 21.8 Å². The third-order valence-electron chi connectivity index (χ3n) is 4.68. The second kappa shape index (κ2) is 10.3. The van der Waals surface area contributed by atoms with E-state index in [2.05, 4.69) is 29.6 Å². The normalized spacial score (nSPS) is 11.5. The van der Waals surface area contributed by atoms with Gasteiger partial charge in [0.15, 0.2) is 0 Å². The van der Waals surface area contributed by atoms with E-state index in [-0.39, 0.29) is 10.5 Å². The van der Waals surface area contributed by atoms with Gasteiger partial charge in [0.2, 0.25) is 10.0 Å². The molecule has 8 nitrogen and oxygen atoms in total. The van der Waals surface area contributed by atoms with E-state index in [1.54, 1.807) is 12.1 Å². The monoisotopic (exact) mass is 432 g/mol. The van der Waals surface area contributed by atoms with Crippen LogP contribution in [0, 0.1) is 0 Å². The van der Waals surface area contributed by atoms with E-state index < -0.39 is 21.8 Å². The summed E-state index contributed by atoms with van der Waals surface area (Å²) in [5.41, 5.74) is 6.29. The highest BCUT2D eigenvalue weighted by Crippen LogP contribution is 2.15. The highest BCUT2D eigenvalue weighted by molar-refractivity contribution is 7.89. The Kier molecular flexibility index (Phi) is 8.10. The van der Waals surface area contributed by atoms with Gasteiger partial charge in [-0.15, -0.1) is 0 Å². The van der Waals surface area contributed by atoms with Gasteiger partial charge in [-0.1, -0.05) is 32.0 Å². The van der Waals surface area contributed by atoms with Crippen molar-refractivity contribution < 1.29 is 18.0 Å². The van der Waals surface area contributed by atoms with Crippen molar-refractivity contribution in [2.45, 2.75) is 25.3 Å². The largest absolute Gasteiger partial charge is 0.300 e. The molecule has 0 aromatic heterocycles. The Morgan fingerprint density at radius 3 is 1.97 bits per heavy atom. The first-order valence-electron chi connectivity index (χ1n) is 9.63. The lowest BCUT2D eigenvalue weighted by Gasteiger charge is -2.18. The molecule has 0 spiro atoms. The van der Waals surface area contributed by atoms with Crippen molar-refractivity contribution in [1.82, 2.24) is 20.1 Å². The van der Waals surface area contributed by atoms with Crippen molar-refractivity contribution in [3.05, 3.63) is 65.2 Å². The van der Waals surface area contributed by atoms with Crippen molar-refractivity contribution in [1.29, 1.82) is 0 Å². The highest BCUT2D eigenvalue weighted by atomic mass is 32.2. The number of rotatable bonds is 8. The van der Waals surface area contributed by atoms with Crippen LogP contribution in [0.15, 0.2) is 53.4 Å². The van der Waals surface area contributed by atoms with Gasteiger partial charge in [-0.05, 0) is 49.0 Å². The molecule has 0 atom stereocenters. The van der Waals surface area contributed by atoms with E-state index in [1.807, 2.05) is 12.1 Å².